The zero-order chi connectivity index (χ0) is 12.9. The van der Waals surface area contributed by atoms with Gasteiger partial charge >= 0.3 is 0 Å². The molecule has 0 aromatic heterocycles. The molecular weight excluding hydrogens is 220 g/mol. The highest BCUT2D eigenvalue weighted by Crippen LogP contribution is 1.88. The van der Waals surface area contributed by atoms with E-state index in [-0.39, 0.29) is 11.7 Å². The summed E-state index contributed by atoms with van der Waals surface area (Å²) in [5.74, 6) is 0.149. The molecule has 1 amide bonds. The Kier molecular flexibility index (Phi) is 10.9. The summed E-state index contributed by atoms with van der Waals surface area (Å²) in [5.41, 5.74) is 0. The molecule has 0 aromatic rings. The third kappa shape index (κ3) is 13.0. The zero-order valence-corrected chi connectivity index (χ0v) is 10.9. The highest BCUT2D eigenvalue weighted by Gasteiger charge is 2.00. The molecule has 0 heterocycles. The zero-order valence-electron chi connectivity index (χ0n) is 10.9. The van der Waals surface area contributed by atoms with Gasteiger partial charge < -0.3 is 20.2 Å². The number of methoxy groups -OCH3 is 1. The van der Waals surface area contributed by atoms with Gasteiger partial charge in [-0.05, 0) is 32.7 Å². The quantitative estimate of drug-likeness (QED) is 0.519. The van der Waals surface area contributed by atoms with Gasteiger partial charge in [-0.1, -0.05) is 0 Å². The van der Waals surface area contributed by atoms with Crippen molar-refractivity contribution in [3.05, 3.63) is 0 Å². The first-order chi connectivity index (χ1) is 8.16. The molecule has 0 aliphatic carbocycles. The SMILES string of the molecule is COCCCCNCC(=O)NCCCC(C)=O. The molecule has 0 fully saturated rings. The molecule has 0 spiro atoms. The van der Waals surface area contributed by atoms with Crippen LogP contribution < -0.4 is 10.6 Å². The number of hydrogen-bond donors (Lipinski definition) is 2. The maximum atomic E-state index is 11.3. The van der Waals surface area contributed by atoms with Crippen LogP contribution in [0.4, 0.5) is 0 Å². The molecule has 5 nitrogen and oxygen atoms in total. The number of Topliss-reactive ketones (excluding diaryl/α,β-unsaturated/α-hetero) is 1. The number of hydrogen-bond acceptors (Lipinski definition) is 4. The van der Waals surface area contributed by atoms with E-state index >= 15 is 0 Å². The predicted octanol–water partition coefficient (Wildman–Crippen LogP) is 0.488. The van der Waals surface area contributed by atoms with Gasteiger partial charge in [0, 0.05) is 26.7 Å². The second kappa shape index (κ2) is 11.5. The number of unbranched alkanes of at least 4 members (excludes halogenated alkanes) is 1. The number of ether oxygens (including phenoxy) is 1. The minimum absolute atomic E-state index is 0.0136. The van der Waals surface area contributed by atoms with Gasteiger partial charge in [0.2, 0.25) is 5.91 Å². The first kappa shape index (κ1) is 16.1. The van der Waals surface area contributed by atoms with Crippen molar-refractivity contribution in [2.45, 2.75) is 32.6 Å². The van der Waals surface area contributed by atoms with Crippen LogP contribution in [0.25, 0.3) is 0 Å². The molecule has 0 unspecified atom stereocenters. The van der Waals surface area contributed by atoms with Crippen molar-refractivity contribution in [2.75, 3.05) is 33.4 Å². The summed E-state index contributed by atoms with van der Waals surface area (Å²) in [4.78, 5) is 21.9. The van der Waals surface area contributed by atoms with E-state index in [1.54, 1.807) is 14.0 Å². The fraction of sp³-hybridized carbons (Fsp3) is 0.833. The van der Waals surface area contributed by atoms with E-state index in [0.29, 0.717) is 19.5 Å². The normalized spacial score (nSPS) is 10.2. The lowest BCUT2D eigenvalue weighted by atomic mass is 10.2. The minimum atomic E-state index is -0.0136. The van der Waals surface area contributed by atoms with E-state index < -0.39 is 0 Å². The van der Waals surface area contributed by atoms with Crippen molar-refractivity contribution < 1.29 is 14.3 Å². The third-order valence-corrected chi connectivity index (χ3v) is 2.27. The maximum Gasteiger partial charge on any atom is 0.233 e. The summed E-state index contributed by atoms with van der Waals surface area (Å²) < 4.78 is 4.92. The van der Waals surface area contributed by atoms with Crippen LogP contribution in [0.15, 0.2) is 0 Å². The summed E-state index contributed by atoms with van der Waals surface area (Å²) in [6, 6.07) is 0. The molecular formula is C12H24N2O3. The fourth-order valence-electron chi connectivity index (χ4n) is 1.33. The number of carbonyl (C=O) groups excluding carboxylic acids is 2. The average Bonchev–Trinajstić information content (AvgIpc) is 2.29. The van der Waals surface area contributed by atoms with Crippen molar-refractivity contribution in [3.63, 3.8) is 0 Å². The van der Waals surface area contributed by atoms with Crippen molar-refractivity contribution in [1.29, 1.82) is 0 Å². The first-order valence-electron chi connectivity index (χ1n) is 6.12. The van der Waals surface area contributed by atoms with Gasteiger partial charge in [0.15, 0.2) is 0 Å². The molecule has 0 aliphatic heterocycles. The Labute approximate surface area is 103 Å². The van der Waals surface area contributed by atoms with Crippen LogP contribution in [-0.2, 0) is 14.3 Å². The lowest BCUT2D eigenvalue weighted by Gasteiger charge is -2.06. The number of rotatable bonds is 11. The van der Waals surface area contributed by atoms with Crippen molar-refractivity contribution in [2.24, 2.45) is 0 Å². The van der Waals surface area contributed by atoms with Gasteiger partial charge in [0.1, 0.15) is 5.78 Å². The Balaban J connectivity index is 3.20. The summed E-state index contributed by atoms with van der Waals surface area (Å²) in [5, 5.41) is 5.82. The number of nitrogens with one attached hydrogen (secondary N) is 2. The number of amides is 1. The molecule has 0 atom stereocenters. The highest BCUT2D eigenvalue weighted by atomic mass is 16.5. The van der Waals surface area contributed by atoms with Crippen LogP contribution in [0.2, 0.25) is 0 Å². The van der Waals surface area contributed by atoms with Gasteiger partial charge in [-0.25, -0.2) is 0 Å². The molecule has 0 saturated carbocycles. The van der Waals surface area contributed by atoms with Gasteiger partial charge in [0.25, 0.3) is 0 Å². The van der Waals surface area contributed by atoms with Crippen LogP contribution in [0, 0.1) is 0 Å². The molecule has 0 radical (unpaired) electrons. The first-order valence-corrected chi connectivity index (χ1v) is 6.12. The van der Waals surface area contributed by atoms with Crippen LogP contribution in [-0.4, -0.2) is 45.0 Å². The van der Waals surface area contributed by atoms with Gasteiger partial charge in [-0.3, -0.25) is 4.79 Å². The van der Waals surface area contributed by atoms with Gasteiger partial charge in [-0.2, -0.15) is 0 Å². The van der Waals surface area contributed by atoms with Crippen molar-refractivity contribution >= 4 is 11.7 Å². The van der Waals surface area contributed by atoms with E-state index in [2.05, 4.69) is 10.6 Å². The Morgan fingerprint density at radius 2 is 1.88 bits per heavy atom. The smallest absolute Gasteiger partial charge is 0.233 e. The Morgan fingerprint density at radius 3 is 2.53 bits per heavy atom. The Hall–Kier alpha value is -0.940. The van der Waals surface area contributed by atoms with E-state index in [4.69, 9.17) is 4.74 Å². The van der Waals surface area contributed by atoms with Crippen LogP contribution in [0.5, 0.6) is 0 Å². The van der Waals surface area contributed by atoms with Crippen molar-refractivity contribution in [1.82, 2.24) is 10.6 Å². The summed E-state index contributed by atoms with van der Waals surface area (Å²) >= 11 is 0. The fourth-order valence-corrected chi connectivity index (χ4v) is 1.33. The van der Waals surface area contributed by atoms with E-state index in [0.717, 1.165) is 32.4 Å². The van der Waals surface area contributed by atoms with Gasteiger partial charge in [0.05, 0.1) is 6.54 Å². The molecule has 0 bridgehead atoms. The molecule has 0 aliphatic rings. The van der Waals surface area contributed by atoms with E-state index in [9.17, 15) is 9.59 Å². The largest absolute Gasteiger partial charge is 0.385 e. The Bertz CT molecular complexity index is 220. The molecule has 100 valence electrons. The number of carbonyl (C=O) groups is 2. The summed E-state index contributed by atoms with van der Waals surface area (Å²) in [7, 11) is 1.68. The lowest BCUT2D eigenvalue weighted by molar-refractivity contribution is -0.121. The van der Waals surface area contributed by atoms with E-state index in [1.165, 1.54) is 0 Å². The summed E-state index contributed by atoms with van der Waals surface area (Å²) in [6.45, 7) is 4.06. The Morgan fingerprint density at radius 1 is 1.12 bits per heavy atom. The van der Waals surface area contributed by atoms with Crippen molar-refractivity contribution in [3.8, 4) is 0 Å². The topological polar surface area (TPSA) is 67.4 Å². The molecule has 17 heavy (non-hydrogen) atoms. The molecule has 0 saturated heterocycles. The standard InChI is InChI=1S/C12H24N2O3/c1-11(15)6-5-8-14-12(16)10-13-7-3-4-9-17-2/h13H,3-10H2,1-2H3,(H,14,16). The molecule has 2 N–H and O–H groups in total. The van der Waals surface area contributed by atoms with E-state index in [1.807, 2.05) is 0 Å². The molecule has 0 rings (SSSR count). The molecule has 5 heteroatoms. The van der Waals surface area contributed by atoms with Gasteiger partial charge in [-0.15, -0.1) is 0 Å². The van der Waals surface area contributed by atoms with Crippen LogP contribution in [0.1, 0.15) is 32.6 Å². The maximum absolute atomic E-state index is 11.3. The summed E-state index contributed by atoms with van der Waals surface area (Å²) in [6.07, 6.45) is 3.26. The average molecular weight is 244 g/mol. The number of ketones is 1. The minimum Gasteiger partial charge on any atom is -0.385 e. The second-order valence-corrected chi connectivity index (χ2v) is 4.03. The second-order valence-electron chi connectivity index (χ2n) is 4.03. The highest BCUT2D eigenvalue weighted by molar-refractivity contribution is 5.78. The van der Waals surface area contributed by atoms with Crippen LogP contribution in [0.3, 0.4) is 0 Å². The lowest BCUT2D eigenvalue weighted by Crippen LogP contribution is -2.34. The third-order valence-electron chi connectivity index (χ3n) is 2.27. The van der Waals surface area contributed by atoms with Crippen LogP contribution >= 0.6 is 0 Å². The predicted molar refractivity (Wildman–Crippen MR) is 66.9 cm³/mol. The monoisotopic (exact) mass is 244 g/mol. The molecule has 0 aromatic carbocycles.